The molecule has 0 unspecified atom stereocenters. The summed E-state index contributed by atoms with van der Waals surface area (Å²) >= 11 is 0. The third-order valence-electron chi connectivity index (χ3n) is 5.68. The first-order valence-electron chi connectivity index (χ1n) is 11.0. The zero-order chi connectivity index (χ0) is 24.9. The van der Waals surface area contributed by atoms with Crippen molar-refractivity contribution in [1.82, 2.24) is 9.97 Å². The Balaban J connectivity index is 1.70. The van der Waals surface area contributed by atoms with E-state index in [4.69, 9.17) is 5.73 Å². The summed E-state index contributed by atoms with van der Waals surface area (Å²) in [5.41, 5.74) is 10.3. The molecule has 2 N–H and O–H groups in total. The number of ketones is 1. The van der Waals surface area contributed by atoms with Gasteiger partial charge in [0.05, 0.1) is 5.69 Å². The Morgan fingerprint density at radius 3 is 2.11 bits per heavy atom. The standard InChI is InChI=1S/C27H26N6O2/c1-31(2)22-10-7-11-23(16-22)33(18-34)27-24(26(28)29-17-30-27)32(3)21-14-12-20(13-15-21)25(35)19-8-5-4-6-9-19/h4-18H,1-3H3,(H2,28,29,30). The van der Waals surface area contributed by atoms with Crippen molar-refractivity contribution < 1.29 is 9.59 Å². The van der Waals surface area contributed by atoms with E-state index in [1.165, 1.54) is 11.2 Å². The van der Waals surface area contributed by atoms with Gasteiger partial charge in [0, 0.05) is 43.6 Å². The summed E-state index contributed by atoms with van der Waals surface area (Å²) in [5, 5.41) is 0. The number of aromatic nitrogens is 2. The Labute approximate surface area is 204 Å². The average Bonchev–Trinajstić information content (AvgIpc) is 2.89. The molecule has 0 aliphatic carbocycles. The molecule has 176 valence electrons. The number of nitrogen functional groups attached to an aromatic ring is 1. The number of nitrogens with two attached hydrogens (primary N) is 1. The molecular weight excluding hydrogens is 440 g/mol. The van der Waals surface area contributed by atoms with Crippen molar-refractivity contribution in [1.29, 1.82) is 0 Å². The van der Waals surface area contributed by atoms with Crippen molar-refractivity contribution in [3.8, 4) is 0 Å². The molecule has 3 aromatic carbocycles. The van der Waals surface area contributed by atoms with Gasteiger partial charge < -0.3 is 15.5 Å². The lowest BCUT2D eigenvalue weighted by atomic mass is 10.0. The molecule has 1 aromatic heterocycles. The fourth-order valence-electron chi connectivity index (χ4n) is 3.76. The largest absolute Gasteiger partial charge is 0.382 e. The van der Waals surface area contributed by atoms with Crippen LogP contribution in [0.3, 0.4) is 0 Å². The van der Waals surface area contributed by atoms with Crippen LogP contribution in [-0.2, 0) is 4.79 Å². The normalized spacial score (nSPS) is 10.5. The van der Waals surface area contributed by atoms with E-state index in [0.29, 0.717) is 34.7 Å². The van der Waals surface area contributed by atoms with Crippen molar-refractivity contribution in [2.24, 2.45) is 0 Å². The van der Waals surface area contributed by atoms with Gasteiger partial charge in [-0.15, -0.1) is 0 Å². The van der Waals surface area contributed by atoms with Crippen LogP contribution in [0.25, 0.3) is 0 Å². The van der Waals surface area contributed by atoms with Gasteiger partial charge in [0.15, 0.2) is 17.4 Å². The summed E-state index contributed by atoms with van der Waals surface area (Å²) in [6, 6.07) is 23.8. The van der Waals surface area contributed by atoms with Crippen LogP contribution >= 0.6 is 0 Å². The lowest BCUT2D eigenvalue weighted by Gasteiger charge is -2.27. The Hall–Kier alpha value is -4.72. The predicted molar refractivity (Wildman–Crippen MR) is 140 cm³/mol. The Morgan fingerprint density at radius 1 is 0.800 bits per heavy atom. The minimum atomic E-state index is -0.0593. The second-order valence-electron chi connectivity index (χ2n) is 8.12. The number of carbonyl (C=O) groups is 2. The quantitative estimate of drug-likeness (QED) is 0.303. The van der Waals surface area contributed by atoms with Gasteiger partial charge in [-0.1, -0.05) is 36.4 Å². The zero-order valence-corrected chi connectivity index (χ0v) is 19.8. The maximum Gasteiger partial charge on any atom is 0.219 e. The van der Waals surface area contributed by atoms with Crippen LogP contribution < -0.4 is 20.4 Å². The number of rotatable bonds is 8. The molecule has 4 aromatic rings. The Kier molecular flexibility index (Phi) is 6.73. The maximum atomic E-state index is 12.8. The molecule has 0 bridgehead atoms. The van der Waals surface area contributed by atoms with Crippen LogP contribution in [0.5, 0.6) is 0 Å². The lowest BCUT2D eigenvalue weighted by molar-refractivity contribution is -0.106. The molecule has 0 radical (unpaired) electrons. The van der Waals surface area contributed by atoms with Crippen LogP contribution in [-0.4, -0.2) is 43.3 Å². The highest BCUT2D eigenvalue weighted by molar-refractivity contribution is 6.09. The van der Waals surface area contributed by atoms with Gasteiger partial charge in [0.1, 0.15) is 12.0 Å². The minimum Gasteiger partial charge on any atom is -0.382 e. The molecule has 0 fully saturated rings. The Morgan fingerprint density at radius 2 is 1.46 bits per heavy atom. The molecule has 8 nitrogen and oxygen atoms in total. The van der Waals surface area contributed by atoms with E-state index in [0.717, 1.165) is 11.4 Å². The first-order valence-corrected chi connectivity index (χ1v) is 11.0. The highest BCUT2D eigenvalue weighted by Crippen LogP contribution is 2.38. The van der Waals surface area contributed by atoms with Crippen molar-refractivity contribution in [3.05, 3.63) is 96.3 Å². The van der Waals surface area contributed by atoms with Crippen LogP contribution in [0.1, 0.15) is 15.9 Å². The van der Waals surface area contributed by atoms with E-state index in [-0.39, 0.29) is 11.6 Å². The predicted octanol–water partition coefficient (Wildman–Crippen LogP) is 4.42. The molecule has 1 heterocycles. The SMILES string of the molecule is CN(C)c1cccc(N(C=O)c2ncnc(N)c2N(C)c2ccc(C(=O)c3ccccc3)cc2)c1. The van der Waals surface area contributed by atoms with Gasteiger partial charge >= 0.3 is 0 Å². The number of anilines is 6. The van der Waals surface area contributed by atoms with Crippen molar-refractivity contribution in [2.45, 2.75) is 0 Å². The van der Waals surface area contributed by atoms with Gasteiger partial charge in [-0.2, -0.15) is 0 Å². The molecule has 35 heavy (non-hydrogen) atoms. The monoisotopic (exact) mass is 466 g/mol. The van der Waals surface area contributed by atoms with E-state index in [1.807, 2.05) is 80.6 Å². The lowest BCUT2D eigenvalue weighted by Crippen LogP contribution is -2.22. The molecule has 1 amide bonds. The van der Waals surface area contributed by atoms with Gasteiger partial charge in [-0.25, -0.2) is 9.97 Å². The summed E-state index contributed by atoms with van der Waals surface area (Å²) in [6.45, 7) is 0. The van der Waals surface area contributed by atoms with Crippen LogP contribution in [0.2, 0.25) is 0 Å². The molecule has 0 aliphatic rings. The first-order chi connectivity index (χ1) is 16.9. The molecule has 0 aliphatic heterocycles. The molecule has 0 saturated carbocycles. The van der Waals surface area contributed by atoms with Crippen molar-refractivity contribution in [2.75, 3.05) is 41.6 Å². The minimum absolute atomic E-state index is 0.0593. The first kappa shape index (κ1) is 23.4. The fourth-order valence-corrected chi connectivity index (χ4v) is 3.76. The number of hydrogen-bond donors (Lipinski definition) is 1. The molecule has 0 spiro atoms. The highest BCUT2D eigenvalue weighted by atomic mass is 16.1. The van der Waals surface area contributed by atoms with E-state index in [1.54, 1.807) is 29.2 Å². The second kappa shape index (κ2) is 10.0. The molecule has 8 heteroatoms. The van der Waals surface area contributed by atoms with Crippen molar-refractivity contribution in [3.63, 3.8) is 0 Å². The van der Waals surface area contributed by atoms with E-state index in [9.17, 15) is 9.59 Å². The summed E-state index contributed by atoms with van der Waals surface area (Å²) in [6.07, 6.45) is 2.03. The van der Waals surface area contributed by atoms with E-state index in [2.05, 4.69) is 9.97 Å². The summed E-state index contributed by atoms with van der Waals surface area (Å²) in [4.78, 5) is 38.7. The number of hydrogen-bond acceptors (Lipinski definition) is 7. The van der Waals surface area contributed by atoms with Gasteiger partial charge in [0.2, 0.25) is 6.41 Å². The van der Waals surface area contributed by atoms with Crippen LogP contribution in [0.15, 0.2) is 85.2 Å². The van der Waals surface area contributed by atoms with Gasteiger partial charge in [0.25, 0.3) is 0 Å². The molecule has 4 rings (SSSR count). The third-order valence-corrected chi connectivity index (χ3v) is 5.68. The topological polar surface area (TPSA) is 95.7 Å². The van der Waals surface area contributed by atoms with Crippen LogP contribution in [0.4, 0.5) is 34.4 Å². The van der Waals surface area contributed by atoms with Gasteiger partial charge in [-0.3, -0.25) is 14.5 Å². The second-order valence-corrected chi connectivity index (χ2v) is 8.12. The fraction of sp³-hybridized carbons (Fsp3) is 0.111. The molecule has 0 saturated heterocycles. The van der Waals surface area contributed by atoms with Crippen LogP contribution in [0, 0.1) is 0 Å². The summed E-state index contributed by atoms with van der Waals surface area (Å²) in [7, 11) is 5.67. The van der Waals surface area contributed by atoms with Crippen molar-refractivity contribution >= 4 is 46.6 Å². The average molecular weight is 467 g/mol. The number of nitrogens with zero attached hydrogens (tertiary/aromatic N) is 5. The van der Waals surface area contributed by atoms with Gasteiger partial charge in [-0.05, 0) is 42.5 Å². The number of amides is 1. The molecular formula is C27H26N6O2. The molecule has 0 atom stereocenters. The summed E-state index contributed by atoms with van der Waals surface area (Å²) < 4.78 is 0. The zero-order valence-electron chi connectivity index (χ0n) is 19.8. The van der Waals surface area contributed by atoms with E-state index < -0.39 is 0 Å². The maximum absolute atomic E-state index is 12.8. The Bertz CT molecular complexity index is 1340. The highest BCUT2D eigenvalue weighted by Gasteiger charge is 2.22. The third kappa shape index (κ3) is 4.81. The number of carbonyl (C=O) groups excluding carboxylic acids is 2. The summed E-state index contributed by atoms with van der Waals surface area (Å²) in [5.74, 6) is 0.504. The number of benzene rings is 3. The smallest absolute Gasteiger partial charge is 0.219 e. The van der Waals surface area contributed by atoms with E-state index >= 15 is 0 Å².